The van der Waals surface area contributed by atoms with Crippen LogP contribution < -0.4 is 5.32 Å². The molecule has 0 saturated carbocycles. The van der Waals surface area contributed by atoms with E-state index in [1.165, 1.54) is 35.6 Å². The predicted molar refractivity (Wildman–Crippen MR) is 83.9 cm³/mol. The van der Waals surface area contributed by atoms with Crippen LogP contribution >= 0.6 is 22.9 Å². The third-order valence-corrected chi connectivity index (χ3v) is 4.13. The maximum Gasteiger partial charge on any atom is 0.184 e. The maximum atomic E-state index is 12.8. The van der Waals surface area contributed by atoms with Crippen molar-refractivity contribution >= 4 is 44.1 Å². The molecule has 3 aromatic rings. The largest absolute Gasteiger partial charge is 0.354 e. The molecular formula is C15H10ClFN2OS. The first-order valence-electron chi connectivity index (χ1n) is 6.20. The van der Waals surface area contributed by atoms with Crippen LogP contribution in [0.2, 0.25) is 5.02 Å². The van der Waals surface area contributed by atoms with Gasteiger partial charge in [0.25, 0.3) is 0 Å². The molecule has 0 atom stereocenters. The van der Waals surface area contributed by atoms with Gasteiger partial charge in [-0.3, -0.25) is 4.79 Å². The van der Waals surface area contributed by atoms with Gasteiger partial charge in [-0.2, -0.15) is 0 Å². The fourth-order valence-corrected chi connectivity index (χ4v) is 3.01. The third kappa shape index (κ3) is 3.20. The molecule has 0 aliphatic carbocycles. The van der Waals surface area contributed by atoms with Crippen LogP contribution in [-0.4, -0.2) is 17.3 Å². The molecule has 0 unspecified atom stereocenters. The Morgan fingerprint density at radius 3 is 2.76 bits per heavy atom. The van der Waals surface area contributed by atoms with Gasteiger partial charge in [0.15, 0.2) is 10.9 Å². The zero-order valence-corrected chi connectivity index (χ0v) is 12.3. The Hall–Kier alpha value is -1.98. The van der Waals surface area contributed by atoms with E-state index >= 15 is 0 Å². The number of fused-ring (bicyclic) bond motifs is 1. The monoisotopic (exact) mass is 320 g/mol. The van der Waals surface area contributed by atoms with Crippen LogP contribution in [0.25, 0.3) is 10.2 Å². The molecule has 21 heavy (non-hydrogen) atoms. The lowest BCUT2D eigenvalue weighted by Crippen LogP contribution is -2.13. The molecule has 0 aliphatic rings. The van der Waals surface area contributed by atoms with Crippen LogP contribution in [0.5, 0.6) is 0 Å². The Kier molecular flexibility index (Phi) is 3.86. The second-order valence-electron chi connectivity index (χ2n) is 4.41. The lowest BCUT2D eigenvalue weighted by atomic mass is 10.1. The molecule has 1 heterocycles. The molecule has 0 spiro atoms. The number of halogens is 2. The van der Waals surface area contributed by atoms with Crippen molar-refractivity contribution in [3.05, 3.63) is 58.9 Å². The first kappa shape index (κ1) is 14.0. The van der Waals surface area contributed by atoms with Crippen molar-refractivity contribution in [3.8, 4) is 0 Å². The normalized spacial score (nSPS) is 10.8. The molecule has 0 amide bonds. The second kappa shape index (κ2) is 5.79. The molecule has 0 radical (unpaired) electrons. The fraction of sp³-hybridized carbons (Fsp3) is 0.0667. The Balaban J connectivity index is 1.71. The Morgan fingerprint density at radius 2 is 2.00 bits per heavy atom. The number of Topliss-reactive ketones (excluding diaryl/α,β-unsaturated/α-hetero) is 1. The molecule has 6 heteroatoms. The number of benzene rings is 2. The number of ketones is 1. The summed E-state index contributed by atoms with van der Waals surface area (Å²) in [5.41, 5.74) is 1.30. The van der Waals surface area contributed by atoms with E-state index in [2.05, 4.69) is 10.3 Å². The Bertz CT molecular complexity index is 801. The number of carbonyl (C=O) groups excluding carboxylic acids is 1. The highest BCUT2D eigenvalue weighted by molar-refractivity contribution is 7.22. The van der Waals surface area contributed by atoms with Crippen molar-refractivity contribution in [2.45, 2.75) is 0 Å². The van der Waals surface area contributed by atoms with Crippen LogP contribution in [0.1, 0.15) is 10.4 Å². The smallest absolute Gasteiger partial charge is 0.184 e. The van der Waals surface area contributed by atoms with Gasteiger partial charge in [-0.05, 0) is 42.5 Å². The fourth-order valence-electron chi connectivity index (χ4n) is 1.87. The highest BCUT2D eigenvalue weighted by Gasteiger charge is 2.08. The van der Waals surface area contributed by atoms with Gasteiger partial charge in [0, 0.05) is 10.6 Å². The Labute approximate surface area is 129 Å². The van der Waals surface area contributed by atoms with Crippen molar-refractivity contribution in [3.63, 3.8) is 0 Å². The van der Waals surface area contributed by atoms with Crippen LogP contribution in [0.3, 0.4) is 0 Å². The van der Waals surface area contributed by atoms with Gasteiger partial charge in [-0.15, -0.1) is 0 Å². The van der Waals surface area contributed by atoms with E-state index < -0.39 is 0 Å². The van der Waals surface area contributed by atoms with Crippen molar-refractivity contribution in [2.75, 3.05) is 11.9 Å². The number of hydrogen-bond donors (Lipinski definition) is 1. The molecule has 0 bridgehead atoms. The van der Waals surface area contributed by atoms with Gasteiger partial charge in [-0.1, -0.05) is 22.9 Å². The highest BCUT2D eigenvalue weighted by atomic mass is 35.5. The first-order valence-corrected chi connectivity index (χ1v) is 7.40. The molecule has 3 nitrogen and oxygen atoms in total. The summed E-state index contributed by atoms with van der Waals surface area (Å²) in [4.78, 5) is 16.3. The number of carbonyl (C=O) groups is 1. The van der Waals surface area contributed by atoms with E-state index in [1.807, 2.05) is 12.1 Å². The summed E-state index contributed by atoms with van der Waals surface area (Å²) < 4.78 is 13.8. The first-order chi connectivity index (χ1) is 10.1. The molecule has 0 saturated heterocycles. The third-order valence-electron chi connectivity index (χ3n) is 2.92. The highest BCUT2D eigenvalue weighted by Crippen LogP contribution is 2.28. The second-order valence-corrected chi connectivity index (χ2v) is 5.88. The van der Waals surface area contributed by atoms with E-state index in [9.17, 15) is 9.18 Å². The van der Waals surface area contributed by atoms with Gasteiger partial charge in [0.05, 0.1) is 16.8 Å². The number of aromatic nitrogens is 1. The van der Waals surface area contributed by atoms with Crippen molar-refractivity contribution in [1.82, 2.24) is 4.98 Å². The minimum atomic E-state index is -0.359. The van der Waals surface area contributed by atoms with E-state index in [0.29, 0.717) is 15.7 Å². The molecule has 3 rings (SSSR count). The molecule has 0 aliphatic heterocycles. The van der Waals surface area contributed by atoms with Gasteiger partial charge in [0.2, 0.25) is 0 Å². The average molecular weight is 321 g/mol. The van der Waals surface area contributed by atoms with E-state index in [4.69, 9.17) is 11.6 Å². The van der Waals surface area contributed by atoms with Gasteiger partial charge >= 0.3 is 0 Å². The van der Waals surface area contributed by atoms with E-state index in [1.54, 1.807) is 6.07 Å². The van der Waals surface area contributed by atoms with Crippen molar-refractivity contribution in [2.24, 2.45) is 0 Å². The molecular weight excluding hydrogens is 311 g/mol. The zero-order chi connectivity index (χ0) is 14.8. The van der Waals surface area contributed by atoms with Crippen LogP contribution in [0.4, 0.5) is 9.52 Å². The maximum absolute atomic E-state index is 12.8. The van der Waals surface area contributed by atoms with Crippen molar-refractivity contribution < 1.29 is 9.18 Å². The predicted octanol–water partition coefficient (Wildman–Crippen LogP) is 4.38. The summed E-state index contributed by atoms with van der Waals surface area (Å²) in [6.07, 6.45) is 0. The quantitative estimate of drug-likeness (QED) is 0.725. The van der Waals surface area contributed by atoms with Crippen molar-refractivity contribution in [1.29, 1.82) is 0 Å². The van der Waals surface area contributed by atoms with E-state index in [0.717, 1.165) is 10.2 Å². The van der Waals surface area contributed by atoms with Crippen LogP contribution in [0.15, 0.2) is 42.5 Å². The summed E-state index contributed by atoms with van der Waals surface area (Å²) in [5.74, 6) is -0.477. The van der Waals surface area contributed by atoms with E-state index in [-0.39, 0.29) is 18.1 Å². The molecule has 1 aromatic heterocycles. The molecule has 106 valence electrons. The molecule has 0 fully saturated rings. The summed E-state index contributed by atoms with van der Waals surface area (Å²) in [5, 5.41) is 4.30. The Morgan fingerprint density at radius 1 is 1.24 bits per heavy atom. The number of rotatable bonds is 4. The molecule has 2 aromatic carbocycles. The van der Waals surface area contributed by atoms with Gasteiger partial charge in [-0.25, -0.2) is 9.37 Å². The van der Waals surface area contributed by atoms with Crippen LogP contribution in [0, 0.1) is 5.82 Å². The average Bonchev–Trinajstić information content (AvgIpc) is 2.87. The SMILES string of the molecule is O=C(CNc1nc2ccc(Cl)cc2s1)c1ccc(F)cc1. The number of hydrogen-bond acceptors (Lipinski definition) is 4. The summed E-state index contributed by atoms with van der Waals surface area (Å²) in [7, 11) is 0. The molecule has 1 N–H and O–H groups in total. The van der Waals surface area contributed by atoms with Gasteiger partial charge < -0.3 is 5.32 Å². The van der Waals surface area contributed by atoms with Gasteiger partial charge in [0.1, 0.15) is 5.82 Å². The number of thiazole rings is 1. The zero-order valence-electron chi connectivity index (χ0n) is 10.8. The summed E-state index contributed by atoms with van der Waals surface area (Å²) >= 11 is 7.35. The minimum absolute atomic E-state index is 0.110. The lowest BCUT2D eigenvalue weighted by molar-refractivity contribution is 0.101. The number of anilines is 1. The van der Waals surface area contributed by atoms with Crippen LogP contribution in [-0.2, 0) is 0 Å². The standard InChI is InChI=1S/C15H10ClFN2OS/c16-10-3-6-12-14(7-10)21-15(19-12)18-8-13(20)9-1-4-11(17)5-2-9/h1-7H,8H2,(H,18,19). The topological polar surface area (TPSA) is 42.0 Å². The summed E-state index contributed by atoms with van der Waals surface area (Å²) in [6.45, 7) is 0.110. The number of nitrogens with zero attached hydrogens (tertiary/aromatic N) is 1. The lowest BCUT2D eigenvalue weighted by Gasteiger charge is -2.02. The number of nitrogens with one attached hydrogen (secondary N) is 1. The summed E-state index contributed by atoms with van der Waals surface area (Å²) in [6, 6.07) is 10.9. The minimum Gasteiger partial charge on any atom is -0.354 e.